The Hall–Kier alpha value is -1.95. The van der Waals surface area contributed by atoms with Crippen LogP contribution in [0.15, 0.2) is 24.5 Å². The molecular weight excluding hydrogens is 280 g/mol. The van der Waals surface area contributed by atoms with E-state index in [1.807, 2.05) is 0 Å². The number of nitrogens with one attached hydrogen (secondary N) is 3. The predicted molar refractivity (Wildman–Crippen MR) is 85.3 cm³/mol. The van der Waals surface area contributed by atoms with Crippen LogP contribution in [0.1, 0.15) is 32.1 Å². The summed E-state index contributed by atoms with van der Waals surface area (Å²) in [4.78, 5) is 27.4. The highest BCUT2D eigenvalue weighted by molar-refractivity contribution is 5.91. The van der Waals surface area contributed by atoms with E-state index >= 15 is 0 Å². The summed E-state index contributed by atoms with van der Waals surface area (Å²) in [5.74, 6) is 0.585. The lowest BCUT2D eigenvalue weighted by Crippen LogP contribution is -2.30. The third-order valence-electron chi connectivity index (χ3n) is 3.88. The van der Waals surface area contributed by atoms with E-state index in [1.165, 1.54) is 0 Å². The maximum Gasteiger partial charge on any atom is 0.226 e. The maximum atomic E-state index is 11.8. The SMILES string of the molecule is O=C(CCC1CCNCC1)NCCC(=O)Nc1ccncc1. The molecule has 1 saturated heterocycles. The van der Waals surface area contributed by atoms with Crippen molar-refractivity contribution in [3.05, 3.63) is 24.5 Å². The van der Waals surface area contributed by atoms with Gasteiger partial charge in [0.2, 0.25) is 11.8 Å². The van der Waals surface area contributed by atoms with Crippen LogP contribution in [0.2, 0.25) is 0 Å². The average Bonchev–Trinajstić information content (AvgIpc) is 2.55. The van der Waals surface area contributed by atoms with Gasteiger partial charge in [-0.15, -0.1) is 0 Å². The fraction of sp³-hybridized carbons (Fsp3) is 0.562. The van der Waals surface area contributed by atoms with Gasteiger partial charge >= 0.3 is 0 Å². The van der Waals surface area contributed by atoms with Crippen molar-refractivity contribution < 1.29 is 9.59 Å². The average molecular weight is 304 g/mol. The molecule has 0 aromatic carbocycles. The fourth-order valence-corrected chi connectivity index (χ4v) is 2.57. The quantitative estimate of drug-likeness (QED) is 0.709. The van der Waals surface area contributed by atoms with Gasteiger partial charge in [-0.2, -0.15) is 0 Å². The summed E-state index contributed by atoms with van der Waals surface area (Å²) < 4.78 is 0. The number of anilines is 1. The van der Waals surface area contributed by atoms with Crippen LogP contribution in [0.3, 0.4) is 0 Å². The van der Waals surface area contributed by atoms with Gasteiger partial charge in [0.1, 0.15) is 0 Å². The summed E-state index contributed by atoms with van der Waals surface area (Å²) in [6.07, 6.45) is 7.33. The molecule has 2 amide bonds. The Labute approximate surface area is 131 Å². The number of pyridine rings is 1. The Morgan fingerprint density at radius 2 is 1.86 bits per heavy atom. The van der Waals surface area contributed by atoms with Crippen LogP contribution in [0, 0.1) is 5.92 Å². The highest BCUT2D eigenvalue weighted by Crippen LogP contribution is 2.17. The van der Waals surface area contributed by atoms with Gasteiger partial charge in [-0.3, -0.25) is 14.6 Å². The van der Waals surface area contributed by atoms with Crippen molar-refractivity contribution in [1.82, 2.24) is 15.6 Å². The molecule has 2 rings (SSSR count). The molecule has 0 radical (unpaired) electrons. The molecule has 6 nitrogen and oxygen atoms in total. The molecule has 1 fully saturated rings. The second-order valence-electron chi connectivity index (χ2n) is 5.62. The first-order valence-electron chi connectivity index (χ1n) is 7.91. The molecule has 1 aliphatic rings. The molecule has 1 aliphatic heterocycles. The minimum Gasteiger partial charge on any atom is -0.356 e. The molecule has 1 aromatic rings. The molecular formula is C16H24N4O2. The topological polar surface area (TPSA) is 83.1 Å². The predicted octanol–water partition coefficient (Wildman–Crippen LogP) is 1.31. The second-order valence-corrected chi connectivity index (χ2v) is 5.62. The molecule has 0 atom stereocenters. The lowest BCUT2D eigenvalue weighted by atomic mass is 9.93. The van der Waals surface area contributed by atoms with Crippen LogP contribution in [-0.2, 0) is 9.59 Å². The molecule has 0 saturated carbocycles. The van der Waals surface area contributed by atoms with Crippen LogP contribution in [-0.4, -0.2) is 36.4 Å². The molecule has 22 heavy (non-hydrogen) atoms. The molecule has 2 heterocycles. The zero-order chi connectivity index (χ0) is 15.6. The summed E-state index contributed by atoms with van der Waals surface area (Å²) in [6, 6.07) is 3.46. The molecule has 3 N–H and O–H groups in total. The van der Waals surface area contributed by atoms with Crippen LogP contribution in [0.5, 0.6) is 0 Å². The van der Waals surface area contributed by atoms with E-state index in [0.29, 0.717) is 18.9 Å². The molecule has 1 aromatic heterocycles. The molecule has 0 unspecified atom stereocenters. The Balaban J connectivity index is 1.55. The van der Waals surface area contributed by atoms with Crippen LogP contribution in [0.4, 0.5) is 5.69 Å². The number of hydrogen-bond donors (Lipinski definition) is 3. The zero-order valence-electron chi connectivity index (χ0n) is 12.8. The number of rotatable bonds is 7. The minimum absolute atomic E-state index is 0.0373. The minimum atomic E-state index is -0.107. The molecule has 0 spiro atoms. The highest BCUT2D eigenvalue weighted by atomic mass is 16.2. The number of hydrogen-bond acceptors (Lipinski definition) is 4. The maximum absolute atomic E-state index is 11.8. The monoisotopic (exact) mass is 304 g/mol. The van der Waals surface area contributed by atoms with Crippen molar-refractivity contribution >= 4 is 17.5 Å². The number of amides is 2. The number of piperidine rings is 1. The molecule has 120 valence electrons. The van der Waals surface area contributed by atoms with Crippen molar-refractivity contribution in [3.63, 3.8) is 0 Å². The standard InChI is InChI=1S/C16H24N4O2/c21-15(2-1-13-3-8-17-9-4-13)19-12-7-16(22)20-14-5-10-18-11-6-14/h5-6,10-11,13,17H,1-4,7-9,12H2,(H,19,21)(H,18,20,22). The van der Waals surface area contributed by atoms with Crippen molar-refractivity contribution in [3.8, 4) is 0 Å². The van der Waals surface area contributed by atoms with E-state index in [4.69, 9.17) is 0 Å². The largest absolute Gasteiger partial charge is 0.356 e. The van der Waals surface area contributed by atoms with Crippen molar-refractivity contribution in [1.29, 1.82) is 0 Å². The van der Waals surface area contributed by atoms with E-state index in [2.05, 4.69) is 20.9 Å². The van der Waals surface area contributed by atoms with Gasteiger partial charge in [0, 0.05) is 37.5 Å². The number of aromatic nitrogens is 1. The fourth-order valence-electron chi connectivity index (χ4n) is 2.57. The highest BCUT2D eigenvalue weighted by Gasteiger charge is 2.14. The van der Waals surface area contributed by atoms with Gasteiger partial charge < -0.3 is 16.0 Å². The van der Waals surface area contributed by atoms with Gasteiger partial charge in [-0.05, 0) is 50.4 Å². The Morgan fingerprint density at radius 3 is 2.59 bits per heavy atom. The molecule has 6 heteroatoms. The third-order valence-corrected chi connectivity index (χ3v) is 3.88. The zero-order valence-corrected chi connectivity index (χ0v) is 12.8. The van der Waals surface area contributed by atoms with E-state index in [0.717, 1.165) is 38.0 Å². The van der Waals surface area contributed by atoms with E-state index in [1.54, 1.807) is 24.5 Å². The Bertz CT molecular complexity index is 472. The normalized spacial score (nSPS) is 15.3. The van der Waals surface area contributed by atoms with Crippen molar-refractivity contribution in [2.24, 2.45) is 5.92 Å². The first-order chi connectivity index (χ1) is 10.7. The first-order valence-corrected chi connectivity index (χ1v) is 7.91. The number of carbonyl (C=O) groups is 2. The second kappa shape index (κ2) is 9.15. The lowest BCUT2D eigenvalue weighted by molar-refractivity contribution is -0.121. The molecule has 0 bridgehead atoms. The van der Waals surface area contributed by atoms with Gasteiger partial charge in [0.05, 0.1) is 0 Å². The molecule has 0 aliphatic carbocycles. The van der Waals surface area contributed by atoms with Crippen molar-refractivity contribution in [2.45, 2.75) is 32.1 Å². The van der Waals surface area contributed by atoms with Crippen molar-refractivity contribution in [2.75, 3.05) is 25.0 Å². The van der Waals surface area contributed by atoms with E-state index < -0.39 is 0 Å². The Morgan fingerprint density at radius 1 is 1.14 bits per heavy atom. The summed E-state index contributed by atoms with van der Waals surface area (Å²) in [6.45, 7) is 2.49. The smallest absolute Gasteiger partial charge is 0.226 e. The van der Waals surface area contributed by atoms with Gasteiger partial charge in [0.25, 0.3) is 0 Å². The Kier molecular flexibility index (Phi) is 6.83. The summed E-state index contributed by atoms with van der Waals surface area (Å²) in [7, 11) is 0. The van der Waals surface area contributed by atoms with Crippen LogP contribution >= 0.6 is 0 Å². The first kappa shape index (κ1) is 16.4. The summed E-state index contributed by atoms with van der Waals surface area (Å²) in [5.41, 5.74) is 0.720. The van der Waals surface area contributed by atoms with E-state index in [9.17, 15) is 9.59 Å². The van der Waals surface area contributed by atoms with Gasteiger partial charge in [0.15, 0.2) is 0 Å². The number of nitrogens with zero attached hydrogens (tertiary/aromatic N) is 1. The summed E-state index contributed by atoms with van der Waals surface area (Å²) in [5, 5.41) is 8.89. The van der Waals surface area contributed by atoms with Gasteiger partial charge in [-0.1, -0.05) is 0 Å². The van der Waals surface area contributed by atoms with Crippen LogP contribution < -0.4 is 16.0 Å². The van der Waals surface area contributed by atoms with Gasteiger partial charge in [-0.25, -0.2) is 0 Å². The lowest BCUT2D eigenvalue weighted by Gasteiger charge is -2.22. The van der Waals surface area contributed by atoms with E-state index in [-0.39, 0.29) is 18.2 Å². The third kappa shape index (κ3) is 6.22. The van der Waals surface area contributed by atoms with Crippen LogP contribution in [0.25, 0.3) is 0 Å². The summed E-state index contributed by atoms with van der Waals surface area (Å²) >= 11 is 0. The number of carbonyl (C=O) groups excluding carboxylic acids is 2.